The smallest absolute Gasteiger partial charge is 0.241 e. The number of ether oxygens (including phenoxy) is 2. The minimum Gasteiger partial charge on any atom is -0.436 e. The Hall–Kier alpha value is -1.92. The Labute approximate surface area is 195 Å². The Morgan fingerprint density at radius 1 is 0.767 bits per heavy atom. The van der Waals surface area contributed by atoms with Crippen molar-refractivity contribution in [3.8, 4) is 23.3 Å². The van der Waals surface area contributed by atoms with Gasteiger partial charge in [-0.15, -0.1) is 0 Å². The number of benzene rings is 2. The van der Waals surface area contributed by atoms with Gasteiger partial charge in [-0.05, 0) is 91.9 Å². The van der Waals surface area contributed by atoms with Gasteiger partial charge in [0.15, 0.2) is 0 Å². The van der Waals surface area contributed by atoms with Gasteiger partial charge in [0.05, 0.1) is 21.3 Å². The van der Waals surface area contributed by atoms with E-state index < -0.39 is 0 Å². The Morgan fingerprint density at radius 2 is 1.20 bits per heavy atom. The van der Waals surface area contributed by atoms with E-state index in [1.807, 2.05) is 12.1 Å². The maximum absolute atomic E-state index is 5.94. The van der Waals surface area contributed by atoms with Crippen molar-refractivity contribution in [3.05, 3.63) is 68.9 Å². The third kappa shape index (κ3) is 5.61. The zero-order chi connectivity index (χ0) is 21.7. The lowest BCUT2D eigenvalue weighted by atomic mass is 9.99. The van der Waals surface area contributed by atoms with Crippen LogP contribution in [0.5, 0.6) is 23.3 Å². The lowest BCUT2D eigenvalue weighted by molar-refractivity contribution is 0.419. The summed E-state index contributed by atoms with van der Waals surface area (Å²) in [5.74, 6) is 3.11. The Bertz CT molecular complexity index is 933. The zero-order valence-corrected chi connectivity index (χ0v) is 20.8. The molecule has 2 atom stereocenters. The first-order valence-electron chi connectivity index (χ1n) is 10.2. The summed E-state index contributed by atoms with van der Waals surface area (Å²) in [7, 11) is 0. The maximum atomic E-state index is 5.94. The number of hydrogen-bond donors (Lipinski definition) is 0. The van der Waals surface area contributed by atoms with Crippen molar-refractivity contribution in [2.24, 2.45) is 0 Å². The molecule has 30 heavy (non-hydrogen) atoms. The number of aromatic nitrogens is 2. The van der Waals surface area contributed by atoms with Crippen LogP contribution in [0.1, 0.15) is 63.5 Å². The SMILES string of the molecule is CCC(C)c1ccc(Oc2cncc(Oc3ccc(C(C)CC)cc3Br)n2)c(Br)c1. The van der Waals surface area contributed by atoms with E-state index in [1.54, 1.807) is 12.4 Å². The van der Waals surface area contributed by atoms with Crippen LogP contribution in [0.4, 0.5) is 0 Å². The molecular weight excluding hydrogens is 508 g/mol. The first-order chi connectivity index (χ1) is 14.4. The first kappa shape index (κ1) is 22.8. The number of rotatable bonds is 8. The van der Waals surface area contributed by atoms with Crippen molar-refractivity contribution in [1.29, 1.82) is 0 Å². The lowest BCUT2D eigenvalue weighted by Gasteiger charge is -2.13. The van der Waals surface area contributed by atoms with Gasteiger partial charge in [0.1, 0.15) is 11.5 Å². The van der Waals surface area contributed by atoms with E-state index >= 15 is 0 Å². The highest BCUT2D eigenvalue weighted by molar-refractivity contribution is 9.10. The molecule has 4 nitrogen and oxygen atoms in total. The molecule has 0 saturated carbocycles. The monoisotopic (exact) mass is 532 g/mol. The van der Waals surface area contributed by atoms with Crippen LogP contribution < -0.4 is 9.47 Å². The highest BCUT2D eigenvalue weighted by atomic mass is 79.9. The number of halogens is 2. The maximum Gasteiger partial charge on any atom is 0.241 e. The molecule has 6 heteroatoms. The topological polar surface area (TPSA) is 44.2 Å². The van der Waals surface area contributed by atoms with Crippen molar-refractivity contribution in [2.45, 2.75) is 52.4 Å². The number of nitrogens with zero attached hydrogens (tertiary/aromatic N) is 2. The second-order valence-corrected chi connectivity index (χ2v) is 9.11. The van der Waals surface area contributed by atoms with Crippen molar-refractivity contribution in [2.75, 3.05) is 0 Å². The molecule has 0 aliphatic rings. The van der Waals surface area contributed by atoms with Crippen LogP contribution in [0, 0.1) is 0 Å². The second kappa shape index (κ2) is 10.4. The molecule has 1 heterocycles. The fourth-order valence-corrected chi connectivity index (χ4v) is 3.89. The summed E-state index contributed by atoms with van der Waals surface area (Å²) in [5.41, 5.74) is 2.54. The van der Waals surface area contributed by atoms with Crippen molar-refractivity contribution in [1.82, 2.24) is 9.97 Å². The average molecular weight is 534 g/mol. The summed E-state index contributed by atoms with van der Waals surface area (Å²) in [6, 6.07) is 12.2. The molecule has 0 aliphatic heterocycles. The van der Waals surface area contributed by atoms with Crippen LogP contribution in [0.25, 0.3) is 0 Å². The van der Waals surface area contributed by atoms with Gasteiger partial charge in [-0.25, -0.2) is 0 Å². The zero-order valence-electron chi connectivity index (χ0n) is 17.7. The molecule has 0 spiro atoms. The Balaban J connectivity index is 1.76. The van der Waals surface area contributed by atoms with Crippen LogP contribution in [0.3, 0.4) is 0 Å². The Kier molecular flexibility index (Phi) is 7.89. The standard InChI is InChI=1S/C24H26Br2N2O2/c1-5-15(3)17-7-9-21(19(25)11-17)29-23-13-27-14-24(28-23)30-22-10-8-18(12-20(22)26)16(4)6-2/h7-16H,5-6H2,1-4H3. The molecule has 0 bridgehead atoms. The van der Waals surface area contributed by atoms with Crippen molar-refractivity contribution >= 4 is 31.9 Å². The van der Waals surface area contributed by atoms with Crippen LogP contribution in [-0.2, 0) is 0 Å². The largest absolute Gasteiger partial charge is 0.436 e. The normalized spacial score (nSPS) is 13.0. The predicted octanol–water partition coefficient (Wildman–Crippen LogP) is 8.61. The molecule has 1 aromatic heterocycles. The van der Waals surface area contributed by atoms with Gasteiger partial charge < -0.3 is 9.47 Å². The van der Waals surface area contributed by atoms with E-state index in [-0.39, 0.29) is 0 Å². The first-order valence-corrected chi connectivity index (χ1v) is 11.8. The molecule has 0 amide bonds. The molecular formula is C24H26Br2N2O2. The van der Waals surface area contributed by atoms with E-state index in [0.29, 0.717) is 35.1 Å². The molecule has 3 rings (SSSR count). The van der Waals surface area contributed by atoms with Gasteiger partial charge in [-0.1, -0.05) is 39.8 Å². The molecule has 2 unspecified atom stereocenters. The average Bonchev–Trinajstić information content (AvgIpc) is 2.75. The van der Waals surface area contributed by atoms with Crippen LogP contribution in [0.15, 0.2) is 57.7 Å². The number of hydrogen-bond acceptors (Lipinski definition) is 4. The highest BCUT2D eigenvalue weighted by Gasteiger charge is 2.12. The molecule has 2 aromatic carbocycles. The molecule has 3 aromatic rings. The summed E-state index contributed by atoms with van der Waals surface area (Å²) in [5, 5.41) is 0. The fraction of sp³-hybridized carbons (Fsp3) is 0.333. The van der Waals surface area contributed by atoms with E-state index in [4.69, 9.17) is 9.47 Å². The molecule has 0 saturated heterocycles. The second-order valence-electron chi connectivity index (χ2n) is 7.40. The van der Waals surface area contributed by atoms with Gasteiger partial charge in [0, 0.05) is 0 Å². The van der Waals surface area contributed by atoms with Crippen LogP contribution in [0.2, 0.25) is 0 Å². The molecule has 158 valence electrons. The van der Waals surface area contributed by atoms with Crippen LogP contribution in [-0.4, -0.2) is 9.97 Å². The molecule has 0 radical (unpaired) electrons. The minimum absolute atomic E-state index is 0.372. The van der Waals surface area contributed by atoms with Gasteiger partial charge >= 0.3 is 0 Å². The quantitative estimate of drug-likeness (QED) is 0.290. The summed E-state index contributed by atoms with van der Waals surface area (Å²) < 4.78 is 13.6. The predicted molar refractivity (Wildman–Crippen MR) is 128 cm³/mol. The minimum atomic E-state index is 0.372. The van der Waals surface area contributed by atoms with Crippen molar-refractivity contribution in [3.63, 3.8) is 0 Å². The highest BCUT2D eigenvalue weighted by Crippen LogP contribution is 2.35. The summed E-state index contributed by atoms with van der Waals surface area (Å²) in [6.07, 6.45) is 5.32. The van der Waals surface area contributed by atoms with E-state index in [0.717, 1.165) is 21.8 Å². The van der Waals surface area contributed by atoms with E-state index in [2.05, 4.69) is 93.8 Å². The Morgan fingerprint density at radius 3 is 1.57 bits per heavy atom. The summed E-state index contributed by atoms with van der Waals surface area (Å²) in [4.78, 5) is 8.66. The lowest BCUT2D eigenvalue weighted by Crippen LogP contribution is -1.96. The fourth-order valence-electron chi connectivity index (χ4n) is 2.94. The third-order valence-electron chi connectivity index (χ3n) is 5.29. The van der Waals surface area contributed by atoms with Crippen LogP contribution >= 0.6 is 31.9 Å². The third-order valence-corrected chi connectivity index (χ3v) is 6.53. The molecule has 0 N–H and O–H groups in total. The van der Waals surface area contributed by atoms with E-state index in [9.17, 15) is 0 Å². The molecule has 0 fully saturated rings. The van der Waals surface area contributed by atoms with Gasteiger partial charge in [0.2, 0.25) is 11.8 Å². The van der Waals surface area contributed by atoms with Crippen molar-refractivity contribution < 1.29 is 9.47 Å². The van der Waals surface area contributed by atoms with E-state index in [1.165, 1.54) is 11.1 Å². The van der Waals surface area contributed by atoms with Gasteiger partial charge in [0.25, 0.3) is 0 Å². The van der Waals surface area contributed by atoms with Gasteiger partial charge in [-0.3, -0.25) is 4.98 Å². The summed E-state index contributed by atoms with van der Waals surface area (Å²) >= 11 is 7.20. The van der Waals surface area contributed by atoms with Gasteiger partial charge in [-0.2, -0.15) is 4.98 Å². The molecule has 0 aliphatic carbocycles. The summed E-state index contributed by atoms with van der Waals surface area (Å²) in [6.45, 7) is 8.78.